The van der Waals surface area contributed by atoms with Gasteiger partial charge in [-0.15, -0.1) is 0 Å². The summed E-state index contributed by atoms with van der Waals surface area (Å²) in [6.45, 7) is 3.16. The van der Waals surface area contributed by atoms with Gasteiger partial charge in [-0.05, 0) is 31.4 Å². The maximum Gasteiger partial charge on any atom is 0.261 e. The normalized spacial score (nSPS) is 23.5. The molecule has 1 aromatic carbocycles. The molecule has 6 heteroatoms. The van der Waals surface area contributed by atoms with E-state index in [-0.39, 0.29) is 30.2 Å². The monoisotopic (exact) mass is 341 g/mol. The summed E-state index contributed by atoms with van der Waals surface area (Å²) >= 11 is 0. The third-order valence-electron chi connectivity index (χ3n) is 5.41. The van der Waals surface area contributed by atoms with E-state index >= 15 is 0 Å². The van der Waals surface area contributed by atoms with Crippen molar-refractivity contribution in [1.82, 2.24) is 14.5 Å². The predicted molar refractivity (Wildman–Crippen MR) is 94.4 cm³/mol. The molecule has 2 aliphatic rings. The van der Waals surface area contributed by atoms with E-state index in [0.29, 0.717) is 24.1 Å². The molecule has 2 fully saturated rings. The highest BCUT2D eigenvalue weighted by atomic mass is 16.5. The lowest BCUT2D eigenvalue weighted by Gasteiger charge is -2.43. The second kappa shape index (κ2) is 6.59. The minimum Gasteiger partial charge on any atom is -0.374 e. The van der Waals surface area contributed by atoms with Gasteiger partial charge in [0.1, 0.15) is 6.54 Å². The molecule has 6 nitrogen and oxygen atoms in total. The molecule has 2 heterocycles. The van der Waals surface area contributed by atoms with Crippen LogP contribution in [0.2, 0.25) is 0 Å². The van der Waals surface area contributed by atoms with Crippen LogP contribution >= 0.6 is 0 Å². The minimum atomic E-state index is -0.157. The molecule has 1 saturated heterocycles. The van der Waals surface area contributed by atoms with E-state index in [2.05, 4.69) is 4.98 Å². The van der Waals surface area contributed by atoms with E-state index in [4.69, 9.17) is 4.74 Å². The van der Waals surface area contributed by atoms with Crippen LogP contribution in [0.5, 0.6) is 0 Å². The van der Waals surface area contributed by atoms with E-state index in [0.717, 1.165) is 31.2 Å². The molecule has 132 valence electrons. The SMILES string of the molecule is Cc1cccc2c(=O)n(CC(=O)N3CCOC4CCCCC43)cnc12. The highest BCUT2D eigenvalue weighted by molar-refractivity contribution is 5.81. The number of carbonyl (C=O) groups is 1. The van der Waals surface area contributed by atoms with Crippen LogP contribution in [-0.2, 0) is 16.1 Å². The van der Waals surface area contributed by atoms with Crippen molar-refractivity contribution in [1.29, 1.82) is 0 Å². The van der Waals surface area contributed by atoms with Crippen LogP contribution in [0.4, 0.5) is 0 Å². The quantitative estimate of drug-likeness (QED) is 0.836. The van der Waals surface area contributed by atoms with E-state index < -0.39 is 0 Å². The molecular formula is C19H23N3O3. The molecule has 2 atom stereocenters. The number of amides is 1. The van der Waals surface area contributed by atoms with Gasteiger partial charge in [0.05, 0.1) is 36.0 Å². The molecule has 0 bridgehead atoms. The molecule has 2 unspecified atom stereocenters. The summed E-state index contributed by atoms with van der Waals surface area (Å²) in [5.41, 5.74) is 1.51. The lowest BCUT2D eigenvalue weighted by atomic mass is 9.90. The first kappa shape index (κ1) is 16.3. The van der Waals surface area contributed by atoms with Crippen LogP contribution in [0.15, 0.2) is 29.3 Å². The number of rotatable bonds is 2. The van der Waals surface area contributed by atoms with Gasteiger partial charge in [0, 0.05) is 6.54 Å². The van der Waals surface area contributed by atoms with Crippen LogP contribution in [-0.4, -0.2) is 45.7 Å². The van der Waals surface area contributed by atoms with Crippen molar-refractivity contribution >= 4 is 16.8 Å². The van der Waals surface area contributed by atoms with Crippen molar-refractivity contribution in [3.05, 3.63) is 40.4 Å². The molecule has 1 saturated carbocycles. The van der Waals surface area contributed by atoms with Gasteiger partial charge >= 0.3 is 0 Å². The van der Waals surface area contributed by atoms with Gasteiger partial charge in [-0.3, -0.25) is 14.2 Å². The molecule has 0 radical (unpaired) electrons. The largest absolute Gasteiger partial charge is 0.374 e. The summed E-state index contributed by atoms with van der Waals surface area (Å²) < 4.78 is 7.26. The zero-order valence-electron chi connectivity index (χ0n) is 14.5. The van der Waals surface area contributed by atoms with Gasteiger partial charge in [0.2, 0.25) is 5.91 Å². The molecule has 1 amide bonds. The first-order valence-electron chi connectivity index (χ1n) is 9.01. The van der Waals surface area contributed by atoms with Gasteiger partial charge in [0.25, 0.3) is 5.56 Å². The highest BCUT2D eigenvalue weighted by Gasteiger charge is 2.36. The lowest BCUT2D eigenvalue weighted by molar-refractivity contribution is -0.150. The number of fused-ring (bicyclic) bond motifs is 2. The molecule has 1 aromatic heterocycles. The Morgan fingerprint density at radius 1 is 1.32 bits per heavy atom. The average Bonchev–Trinajstić information content (AvgIpc) is 2.64. The number of benzene rings is 1. The van der Waals surface area contributed by atoms with E-state index in [1.165, 1.54) is 10.9 Å². The summed E-state index contributed by atoms with van der Waals surface area (Å²) in [5, 5.41) is 0.563. The standard InChI is InChI=1S/C19H23N3O3/c1-13-5-4-6-14-18(13)20-12-21(19(14)24)11-17(23)22-9-10-25-16-8-3-2-7-15(16)22/h4-6,12,15-16H,2-3,7-11H2,1H3. The van der Waals surface area contributed by atoms with Crippen molar-refractivity contribution in [2.45, 2.75) is 51.3 Å². The fraction of sp³-hybridized carbons (Fsp3) is 0.526. The lowest BCUT2D eigenvalue weighted by Crippen LogP contribution is -2.55. The van der Waals surface area contributed by atoms with Crippen LogP contribution in [0.3, 0.4) is 0 Å². The zero-order valence-corrected chi connectivity index (χ0v) is 14.5. The van der Waals surface area contributed by atoms with Gasteiger partial charge < -0.3 is 9.64 Å². The topological polar surface area (TPSA) is 64.4 Å². The maximum atomic E-state index is 12.9. The summed E-state index contributed by atoms with van der Waals surface area (Å²) in [5.74, 6) is -0.0175. The van der Waals surface area contributed by atoms with E-state index in [1.54, 1.807) is 6.07 Å². The molecule has 1 aliphatic carbocycles. The van der Waals surface area contributed by atoms with Crippen molar-refractivity contribution in [3.8, 4) is 0 Å². The molecule has 0 spiro atoms. The number of ether oxygens (including phenoxy) is 1. The number of nitrogens with zero attached hydrogens (tertiary/aromatic N) is 3. The number of aromatic nitrogens is 2. The first-order chi connectivity index (χ1) is 12.1. The molecule has 1 aliphatic heterocycles. The number of hydrogen-bond donors (Lipinski definition) is 0. The third-order valence-corrected chi connectivity index (χ3v) is 5.41. The molecular weight excluding hydrogens is 318 g/mol. The fourth-order valence-corrected chi connectivity index (χ4v) is 4.09. The van der Waals surface area contributed by atoms with Crippen LogP contribution in [0, 0.1) is 6.92 Å². The van der Waals surface area contributed by atoms with Gasteiger partial charge in [0.15, 0.2) is 0 Å². The Labute approximate surface area is 146 Å². The first-order valence-corrected chi connectivity index (χ1v) is 9.01. The van der Waals surface area contributed by atoms with E-state index in [1.807, 2.05) is 24.0 Å². The summed E-state index contributed by atoms with van der Waals surface area (Å²) in [6.07, 6.45) is 5.95. The summed E-state index contributed by atoms with van der Waals surface area (Å²) in [7, 11) is 0. The Bertz CT molecular complexity index is 859. The number of para-hydroxylation sites is 1. The Hall–Kier alpha value is -2.21. The van der Waals surface area contributed by atoms with Crippen molar-refractivity contribution in [2.75, 3.05) is 13.2 Å². The Morgan fingerprint density at radius 2 is 2.16 bits per heavy atom. The average molecular weight is 341 g/mol. The number of hydrogen-bond acceptors (Lipinski definition) is 4. The molecule has 4 rings (SSSR count). The summed E-state index contributed by atoms with van der Waals surface area (Å²) in [4.78, 5) is 31.9. The van der Waals surface area contributed by atoms with Gasteiger partial charge in [-0.25, -0.2) is 4.98 Å². The predicted octanol–water partition coefficient (Wildman–Crippen LogP) is 1.87. The second-order valence-corrected chi connectivity index (χ2v) is 7.00. The van der Waals surface area contributed by atoms with Gasteiger partial charge in [-0.1, -0.05) is 25.0 Å². The fourth-order valence-electron chi connectivity index (χ4n) is 4.09. The molecule has 2 aromatic rings. The van der Waals surface area contributed by atoms with Crippen molar-refractivity contribution < 1.29 is 9.53 Å². The number of aryl methyl sites for hydroxylation is 1. The zero-order chi connectivity index (χ0) is 17.4. The summed E-state index contributed by atoms with van der Waals surface area (Å²) in [6, 6.07) is 5.70. The third kappa shape index (κ3) is 2.95. The number of carbonyl (C=O) groups excluding carboxylic acids is 1. The molecule has 0 N–H and O–H groups in total. The van der Waals surface area contributed by atoms with Crippen molar-refractivity contribution in [3.63, 3.8) is 0 Å². The Kier molecular flexibility index (Phi) is 4.29. The van der Waals surface area contributed by atoms with Crippen LogP contribution in [0.25, 0.3) is 10.9 Å². The smallest absolute Gasteiger partial charge is 0.261 e. The van der Waals surface area contributed by atoms with Crippen LogP contribution < -0.4 is 5.56 Å². The van der Waals surface area contributed by atoms with Crippen LogP contribution in [0.1, 0.15) is 31.2 Å². The second-order valence-electron chi connectivity index (χ2n) is 7.00. The minimum absolute atomic E-state index is 0.0175. The van der Waals surface area contributed by atoms with E-state index in [9.17, 15) is 9.59 Å². The van der Waals surface area contributed by atoms with Gasteiger partial charge in [-0.2, -0.15) is 0 Å². The maximum absolute atomic E-state index is 12.9. The Balaban J connectivity index is 1.59. The highest BCUT2D eigenvalue weighted by Crippen LogP contribution is 2.28. The molecule has 25 heavy (non-hydrogen) atoms. The number of morpholine rings is 1. The Morgan fingerprint density at radius 3 is 3.04 bits per heavy atom. The van der Waals surface area contributed by atoms with Crippen molar-refractivity contribution in [2.24, 2.45) is 0 Å².